The van der Waals surface area contributed by atoms with E-state index in [0.29, 0.717) is 6.10 Å². The summed E-state index contributed by atoms with van der Waals surface area (Å²) in [7, 11) is 2.17. The van der Waals surface area contributed by atoms with Gasteiger partial charge in [0, 0.05) is 31.9 Å². The SMILES string of the molecule is CCCN(Cc1ccc(N)cc1)CC1CN(C)CCO1. The zero-order chi connectivity index (χ0) is 14.4. The molecule has 2 rings (SSSR count). The Morgan fingerprint density at radius 3 is 2.75 bits per heavy atom. The molecule has 1 saturated heterocycles. The van der Waals surface area contributed by atoms with Crippen molar-refractivity contribution >= 4 is 5.69 Å². The van der Waals surface area contributed by atoms with Gasteiger partial charge in [0.05, 0.1) is 12.7 Å². The number of anilines is 1. The summed E-state index contributed by atoms with van der Waals surface area (Å²) in [6, 6.07) is 8.19. The van der Waals surface area contributed by atoms with Crippen molar-refractivity contribution in [2.75, 3.05) is 45.6 Å². The number of nitrogens with two attached hydrogens (primary N) is 1. The molecule has 1 aromatic rings. The van der Waals surface area contributed by atoms with Crippen molar-refractivity contribution in [2.45, 2.75) is 26.0 Å². The molecule has 112 valence electrons. The summed E-state index contributed by atoms with van der Waals surface area (Å²) in [6.45, 7) is 8.23. The standard InChI is InChI=1S/C16H27N3O/c1-3-8-19(11-14-4-6-15(17)7-5-14)13-16-12-18(2)9-10-20-16/h4-7,16H,3,8-13,17H2,1-2H3. The molecule has 1 aliphatic heterocycles. The van der Waals surface area contributed by atoms with E-state index in [9.17, 15) is 0 Å². The molecular formula is C16H27N3O. The van der Waals surface area contributed by atoms with Crippen LogP contribution in [0.4, 0.5) is 5.69 Å². The summed E-state index contributed by atoms with van der Waals surface area (Å²) in [6.07, 6.45) is 1.49. The van der Waals surface area contributed by atoms with Gasteiger partial charge in [-0.05, 0) is 37.7 Å². The molecule has 1 atom stereocenters. The third-order valence-corrected chi connectivity index (χ3v) is 3.73. The maximum absolute atomic E-state index is 5.88. The molecule has 1 fully saturated rings. The van der Waals surface area contributed by atoms with E-state index in [0.717, 1.165) is 51.4 Å². The Hall–Kier alpha value is -1.10. The summed E-state index contributed by atoms with van der Waals surface area (Å²) < 4.78 is 5.88. The molecule has 0 aliphatic carbocycles. The third kappa shape index (κ3) is 4.78. The van der Waals surface area contributed by atoms with E-state index < -0.39 is 0 Å². The Morgan fingerprint density at radius 2 is 2.10 bits per heavy atom. The van der Waals surface area contributed by atoms with E-state index in [1.54, 1.807) is 0 Å². The molecule has 0 saturated carbocycles. The first-order chi connectivity index (χ1) is 9.67. The lowest BCUT2D eigenvalue weighted by atomic mass is 10.1. The number of ether oxygens (including phenoxy) is 1. The van der Waals surface area contributed by atoms with Gasteiger partial charge >= 0.3 is 0 Å². The summed E-state index contributed by atoms with van der Waals surface area (Å²) >= 11 is 0. The Balaban J connectivity index is 1.90. The van der Waals surface area contributed by atoms with Crippen molar-refractivity contribution < 1.29 is 4.74 Å². The van der Waals surface area contributed by atoms with Crippen LogP contribution in [0.25, 0.3) is 0 Å². The fraction of sp³-hybridized carbons (Fsp3) is 0.625. The van der Waals surface area contributed by atoms with Crippen LogP contribution in [0.3, 0.4) is 0 Å². The summed E-state index contributed by atoms with van der Waals surface area (Å²) in [5, 5.41) is 0. The molecule has 0 aromatic heterocycles. The molecule has 0 bridgehead atoms. The molecule has 1 unspecified atom stereocenters. The maximum atomic E-state index is 5.88. The number of benzene rings is 1. The minimum atomic E-state index is 0.328. The zero-order valence-corrected chi connectivity index (χ0v) is 12.7. The second-order valence-electron chi connectivity index (χ2n) is 5.73. The van der Waals surface area contributed by atoms with Gasteiger partial charge in [-0.25, -0.2) is 0 Å². The topological polar surface area (TPSA) is 41.7 Å². The van der Waals surface area contributed by atoms with Crippen molar-refractivity contribution in [2.24, 2.45) is 0 Å². The van der Waals surface area contributed by atoms with Crippen molar-refractivity contribution in [1.82, 2.24) is 9.80 Å². The van der Waals surface area contributed by atoms with E-state index in [-0.39, 0.29) is 0 Å². The van der Waals surface area contributed by atoms with Gasteiger partial charge in [-0.3, -0.25) is 4.90 Å². The predicted octanol–water partition coefficient (Wildman–Crippen LogP) is 1.81. The molecule has 1 aromatic carbocycles. The third-order valence-electron chi connectivity index (χ3n) is 3.73. The highest BCUT2D eigenvalue weighted by atomic mass is 16.5. The van der Waals surface area contributed by atoms with Gasteiger partial charge in [-0.1, -0.05) is 19.1 Å². The molecule has 0 spiro atoms. The first-order valence-electron chi connectivity index (χ1n) is 7.54. The average molecular weight is 277 g/mol. The normalized spacial score (nSPS) is 20.4. The van der Waals surface area contributed by atoms with E-state index in [1.807, 2.05) is 12.1 Å². The van der Waals surface area contributed by atoms with Crippen LogP contribution in [0.5, 0.6) is 0 Å². The minimum Gasteiger partial charge on any atom is -0.399 e. The van der Waals surface area contributed by atoms with Crippen LogP contribution in [0.1, 0.15) is 18.9 Å². The van der Waals surface area contributed by atoms with Crippen LogP contribution >= 0.6 is 0 Å². The largest absolute Gasteiger partial charge is 0.399 e. The molecule has 0 radical (unpaired) electrons. The first kappa shape index (κ1) is 15.3. The molecule has 4 nitrogen and oxygen atoms in total. The number of morpholine rings is 1. The summed E-state index contributed by atoms with van der Waals surface area (Å²) in [5.74, 6) is 0. The second-order valence-corrected chi connectivity index (χ2v) is 5.73. The molecule has 0 amide bonds. The summed E-state index contributed by atoms with van der Waals surface area (Å²) in [5.41, 5.74) is 7.89. The van der Waals surface area contributed by atoms with Gasteiger partial charge in [0.15, 0.2) is 0 Å². The number of nitrogen functional groups attached to an aromatic ring is 1. The van der Waals surface area contributed by atoms with E-state index in [2.05, 4.69) is 35.9 Å². The Morgan fingerprint density at radius 1 is 1.35 bits per heavy atom. The van der Waals surface area contributed by atoms with Crippen LogP contribution in [0, 0.1) is 0 Å². The predicted molar refractivity (Wildman–Crippen MR) is 83.7 cm³/mol. The highest BCUT2D eigenvalue weighted by molar-refractivity contribution is 5.39. The highest BCUT2D eigenvalue weighted by Crippen LogP contribution is 2.12. The van der Waals surface area contributed by atoms with Crippen molar-refractivity contribution in [3.63, 3.8) is 0 Å². The van der Waals surface area contributed by atoms with Gasteiger partial charge in [-0.2, -0.15) is 0 Å². The molecule has 1 heterocycles. The fourth-order valence-corrected chi connectivity index (χ4v) is 2.70. The van der Waals surface area contributed by atoms with E-state index in [4.69, 9.17) is 10.5 Å². The molecular weight excluding hydrogens is 250 g/mol. The van der Waals surface area contributed by atoms with Crippen LogP contribution in [-0.4, -0.2) is 55.7 Å². The van der Waals surface area contributed by atoms with Crippen molar-refractivity contribution in [3.8, 4) is 0 Å². The van der Waals surface area contributed by atoms with Gasteiger partial charge in [0.1, 0.15) is 0 Å². The van der Waals surface area contributed by atoms with Crippen LogP contribution in [0.2, 0.25) is 0 Å². The van der Waals surface area contributed by atoms with Crippen molar-refractivity contribution in [1.29, 1.82) is 0 Å². The molecule has 4 heteroatoms. The number of hydrogen-bond acceptors (Lipinski definition) is 4. The lowest BCUT2D eigenvalue weighted by Gasteiger charge is -2.34. The van der Waals surface area contributed by atoms with Crippen LogP contribution in [0.15, 0.2) is 24.3 Å². The van der Waals surface area contributed by atoms with Gasteiger partial charge in [0.2, 0.25) is 0 Å². The van der Waals surface area contributed by atoms with Crippen LogP contribution < -0.4 is 5.73 Å². The lowest BCUT2D eigenvalue weighted by Crippen LogP contribution is -2.46. The Labute approximate surface area is 122 Å². The maximum Gasteiger partial charge on any atom is 0.0829 e. The first-order valence-corrected chi connectivity index (χ1v) is 7.54. The monoisotopic (exact) mass is 277 g/mol. The van der Waals surface area contributed by atoms with Gasteiger partial charge < -0.3 is 15.4 Å². The smallest absolute Gasteiger partial charge is 0.0829 e. The van der Waals surface area contributed by atoms with Crippen LogP contribution in [-0.2, 0) is 11.3 Å². The molecule has 2 N–H and O–H groups in total. The Kier molecular flexibility index (Phi) is 5.83. The van der Waals surface area contributed by atoms with E-state index in [1.165, 1.54) is 5.56 Å². The number of hydrogen-bond donors (Lipinski definition) is 1. The zero-order valence-electron chi connectivity index (χ0n) is 12.7. The van der Waals surface area contributed by atoms with Crippen molar-refractivity contribution in [3.05, 3.63) is 29.8 Å². The Bertz CT molecular complexity index is 393. The van der Waals surface area contributed by atoms with Gasteiger partial charge in [-0.15, -0.1) is 0 Å². The number of rotatable bonds is 6. The summed E-state index contributed by atoms with van der Waals surface area (Å²) in [4.78, 5) is 4.83. The minimum absolute atomic E-state index is 0.328. The number of nitrogens with zero attached hydrogens (tertiary/aromatic N) is 2. The molecule has 1 aliphatic rings. The quantitative estimate of drug-likeness (QED) is 0.805. The number of likely N-dealkylation sites (N-methyl/N-ethyl adjacent to an activating group) is 1. The second kappa shape index (κ2) is 7.62. The fourth-order valence-electron chi connectivity index (χ4n) is 2.70. The molecule has 20 heavy (non-hydrogen) atoms. The van der Waals surface area contributed by atoms with Gasteiger partial charge in [0.25, 0.3) is 0 Å². The highest BCUT2D eigenvalue weighted by Gasteiger charge is 2.20. The lowest BCUT2D eigenvalue weighted by molar-refractivity contribution is -0.0367. The average Bonchev–Trinajstić information content (AvgIpc) is 2.42. The van der Waals surface area contributed by atoms with E-state index >= 15 is 0 Å².